The molecule has 0 aromatic heterocycles. The summed E-state index contributed by atoms with van der Waals surface area (Å²) in [6.07, 6.45) is 0.0588. The number of hydrogen-bond donors (Lipinski definition) is 2. The fraction of sp³-hybridized carbons (Fsp3) is 0.800. The fourth-order valence-corrected chi connectivity index (χ4v) is 3.46. The first kappa shape index (κ1) is 14.9. The maximum Gasteiger partial charge on any atom is 0.305 e. The number of nitrogens with two attached hydrogens (primary N) is 1. The second-order valence-corrected chi connectivity index (χ2v) is 6.64. The van der Waals surface area contributed by atoms with Gasteiger partial charge in [0.1, 0.15) is 0 Å². The van der Waals surface area contributed by atoms with Crippen molar-refractivity contribution in [1.29, 1.82) is 0 Å². The number of sulfone groups is 1. The molecule has 8 heteroatoms. The highest BCUT2D eigenvalue weighted by atomic mass is 32.2. The molecule has 0 aromatic carbocycles. The first-order valence-electron chi connectivity index (χ1n) is 5.75. The smallest absolute Gasteiger partial charge is 0.305 e. The zero-order valence-corrected chi connectivity index (χ0v) is 11.0. The molecule has 1 rings (SSSR count). The maximum absolute atomic E-state index is 11.9. The predicted octanol–water partition coefficient (Wildman–Crippen LogP) is -1.18. The van der Waals surface area contributed by atoms with Crippen molar-refractivity contribution in [3.63, 3.8) is 0 Å². The second kappa shape index (κ2) is 5.66. The van der Waals surface area contributed by atoms with Gasteiger partial charge in [0.2, 0.25) is 5.91 Å². The number of nitrogens with zero attached hydrogens (tertiary/aromatic N) is 1. The van der Waals surface area contributed by atoms with Crippen LogP contribution in [-0.2, 0) is 19.4 Å². The summed E-state index contributed by atoms with van der Waals surface area (Å²) in [4.78, 5) is 24.0. The molecule has 1 aliphatic heterocycles. The number of carbonyl (C=O) groups excluding carboxylic acids is 1. The van der Waals surface area contributed by atoms with Crippen LogP contribution in [-0.4, -0.2) is 60.4 Å². The zero-order valence-electron chi connectivity index (χ0n) is 10.2. The maximum atomic E-state index is 11.9. The molecule has 2 atom stereocenters. The summed E-state index contributed by atoms with van der Waals surface area (Å²) in [6, 6.07) is -1.52. The van der Waals surface area contributed by atoms with Crippen molar-refractivity contribution >= 4 is 21.7 Å². The molecule has 104 valence electrons. The molecule has 1 amide bonds. The van der Waals surface area contributed by atoms with E-state index in [9.17, 15) is 18.0 Å². The van der Waals surface area contributed by atoms with Crippen molar-refractivity contribution < 1.29 is 23.1 Å². The van der Waals surface area contributed by atoms with Gasteiger partial charge in [0.15, 0.2) is 9.84 Å². The van der Waals surface area contributed by atoms with Gasteiger partial charge < -0.3 is 15.7 Å². The van der Waals surface area contributed by atoms with Gasteiger partial charge in [-0.3, -0.25) is 9.59 Å². The number of amides is 1. The van der Waals surface area contributed by atoms with Gasteiger partial charge in [-0.25, -0.2) is 8.42 Å². The third-order valence-electron chi connectivity index (χ3n) is 2.98. The van der Waals surface area contributed by atoms with Crippen LogP contribution in [0.2, 0.25) is 0 Å². The Labute approximate surface area is 106 Å². The lowest BCUT2D eigenvalue weighted by molar-refractivity contribution is -0.140. The molecule has 1 heterocycles. The summed E-state index contributed by atoms with van der Waals surface area (Å²) in [7, 11) is -3.27. The van der Waals surface area contributed by atoms with Gasteiger partial charge in [-0.15, -0.1) is 0 Å². The third kappa shape index (κ3) is 3.67. The second-order valence-electron chi connectivity index (χ2n) is 4.41. The monoisotopic (exact) mass is 278 g/mol. The molecule has 0 radical (unpaired) electrons. The van der Waals surface area contributed by atoms with Gasteiger partial charge in [0, 0.05) is 6.54 Å². The number of aliphatic carboxylic acids is 1. The molecule has 1 saturated heterocycles. The number of rotatable bonds is 4. The van der Waals surface area contributed by atoms with Crippen LogP contribution in [0.3, 0.4) is 0 Å². The molecular formula is C10H18N2O5S. The summed E-state index contributed by atoms with van der Waals surface area (Å²) < 4.78 is 23.0. The highest BCUT2D eigenvalue weighted by Gasteiger charge is 2.36. The predicted molar refractivity (Wildman–Crippen MR) is 64.7 cm³/mol. The van der Waals surface area contributed by atoms with Crippen molar-refractivity contribution in [2.24, 2.45) is 5.73 Å². The van der Waals surface area contributed by atoms with Gasteiger partial charge in [0.25, 0.3) is 0 Å². The van der Waals surface area contributed by atoms with Crippen LogP contribution in [0.15, 0.2) is 0 Å². The first-order valence-corrected chi connectivity index (χ1v) is 7.57. The van der Waals surface area contributed by atoms with Crippen LogP contribution in [0.4, 0.5) is 0 Å². The molecule has 0 saturated carbocycles. The molecule has 1 fully saturated rings. The van der Waals surface area contributed by atoms with Gasteiger partial charge in [-0.05, 0) is 6.42 Å². The Morgan fingerprint density at radius 1 is 1.50 bits per heavy atom. The molecule has 3 N–H and O–H groups in total. The highest BCUT2D eigenvalue weighted by molar-refractivity contribution is 7.91. The number of hydrogen-bond acceptors (Lipinski definition) is 5. The van der Waals surface area contributed by atoms with E-state index in [1.54, 1.807) is 6.92 Å². The van der Waals surface area contributed by atoms with Crippen LogP contribution in [0, 0.1) is 0 Å². The molecule has 18 heavy (non-hydrogen) atoms. The molecule has 0 bridgehead atoms. The SMILES string of the molecule is CC[C@@H](N)C(=O)N1CCS(=O)(=O)CC1CC(=O)O. The minimum Gasteiger partial charge on any atom is -0.481 e. The van der Waals surface area contributed by atoms with E-state index in [4.69, 9.17) is 10.8 Å². The highest BCUT2D eigenvalue weighted by Crippen LogP contribution is 2.16. The van der Waals surface area contributed by atoms with Crippen molar-refractivity contribution in [1.82, 2.24) is 4.90 Å². The number of carboxylic acid groups (broad SMARTS) is 1. The van der Waals surface area contributed by atoms with Crippen LogP contribution in [0.25, 0.3) is 0 Å². The lowest BCUT2D eigenvalue weighted by Gasteiger charge is -2.36. The minimum absolute atomic E-state index is 0.0206. The summed E-state index contributed by atoms with van der Waals surface area (Å²) in [6.45, 7) is 1.77. The van der Waals surface area contributed by atoms with Crippen LogP contribution in [0.1, 0.15) is 19.8 Å². The molecule has 0 spiro atoms. The molecule has 7 nitrogen and oxygen atoms in total. The molecule has 1 unspecified atom stereocenters. The Kier molecular flexibility index (Phi) is 4.69. The van der Waals surface area contributed by atoms with E-state index in [1.165, 1.54) is 4.90 Å². The van der Waals surface area contributed by atoms with Gasteiger partial charge in [0.05, 0.1) is 30.0 Å². The van der Waals surface area contributed by atoms with E-state index in [2.05, 4.69) is 0 Å². The first-order chi connectivity index (χ1) is 8.26. The topological polar surface area (TPSA) is 118 Å². The van der Waals surface area contributed by atoms with E-state index in [1.807, 2.05) is 0 Å². The van der Waals surface area contributed by atoms with Crippen molar-refractivity contribution in [2.75, 3.05) is 18.1 Å². The summed E-state index contributed by atoms with van der Waals surface area (Å²) in [5.41, 5.74) is 5.62. The van der Waals surface area contributed by atoms with Gasteiger partial charge in [-0.2, -0.15) is 0 Å². The Morgan fingerprint density at radius 3 is 2.61 bits per heavy atom. The average Bonchev–Trinajstić information content (AvgIpc) is 2.25. The van der Waals surface area contributed by atoms with E-state index >= 15 is 0 Å². The molecular weight excluding hydrogens is 260 g/mol. The zero-order chi connectivity index (χ0) is 13.9. The van der Waals surface area contributed by atoms with E-state index in [0.717, 1.165) is 0 Å². The molecule has 0 aromatic rings. The average molecular weight is 278 g/mol. The number of carboxylic acids is 1. The lowest BCUT2D eigenvalue weighted by Crippen LogP contribution is -2.56. The Bertz CT molecular complexity index is 434. The van der Waals surface area contributed by atoms with Crippen molar-refractivity contribution in [2.45, 2.75) is 31.8 Å². The Hall–Kier alpha value is -1.15. The summed E-state index contributed by atoms with van der Waals surface area (Å²) in [5.74, 6) is -1.94. The fourth-order valence-electron chi connectivity index (χ4n) is 1.93. The quantitative estimate of drug-likeness (QED) is 0.668. The van der Waals surface area contributed by atoms with Crippen LogP contribution in [0.5, 0.6) is 0 Å². The minimum atomic E-state index is -3.27. The Morgan fingerprint density at radius 2 is 2.11 bits per heavy atom. The van der Waals surface area contributed by atoms with E-state index < -0.39 is 27.9 Å². The Balaban J connectivity index is 2.88. The third-order valence-corrected chi connectivity index (χ3v) is 4.68. The van der Waals surface area contributed by atoms with Crippen LogP contribution < -0.4 is 5.73 Å². The van der Waals surface area contributed by atoms with E-state index in [0.29, 0.717) is 6.42 Å². The normalized spacial score (nSPS) is 24.6. The standard InChI is InChI=1S/C10H18N2O5S/c1-2-8(11)10(15)12-3-4-18(16,17)6-7(12)5-9(13)14/h7-8H,2-6,11H2,1H3,(H,13,14)/t7?,8-/m1/s1. The molecule has 0 aliphatic carbocycles. The summed E-state index contributed by atoms with van der Waals surface area (Å²) in [5, 5.41) is 8.77. The summed E-state index contributed by atoms with van der Waals surface area (Å²) >= 11 is 0. The van der Waals surface area contributed by atoms with Crippen molar-refractivity contribution in [3.05, 3.63) is 0 Å². The van der Waals surface area contributed by atoms with Gasteiger partial charge >= 0.3 is 5.97 Å². The number of carbonyl (C=O) groups is 2. The van der Waals surface area contributed by atoms with Gasteiger partial charge in [-0.1, -0.05) is 6.92 Å². The van der Waals surface area contributed by atoms with Crippen LogP contribution >= 0.6 is 0 Å². The molecule has 1 aliphatic rings. The lowest BCUT2D eigenvalue weighted by atomic mass is 10.1. The largest absolute Gasteiger partial charge is 0.481 e. The van der Waals surface area contributed by atoms with Crippen molar-refractivity contribution in [3.8, 4) is 0 Å². The van der Waals surface area contributed by atoms with E-state index in [-0.39, 0.29) is 30.4 Å².